The van der Waals surface area contributed by atoms with Gasteiger partial charge in [-0.15, -0.1) is 11.6 Å². The lowest BCUT2D eigenvalue weighted by molar-refractivity contribution is 0.145. The van der Waals surface area contributed by atoms with E-state index in [-0.39, 0.29) is 17.0 Å². The van der Waals surface area contributed by atoms with Gasteiger partial charge in [0.2, 0.25) is 0 Å². The number of H-pyrrole nitrogens is 1. The van der Waals surface area contributed by atoms with Gasteiger partial charge in [0, 0.05) is 5.88 Å². The third-order valence-corrected chi connectivity index (χ3v) is 1.91. The van der Waals surface area contributed by atoms with Crippen molar-refractivity contribution < 1.29 is 8.78 Å². The monoisotopic (exact) mass is 218 g/mol. The Kier molecular flexibility index (Phi) is 3.20. The summed E-state index contributed by atoms with van der Waals surface area (Å²) in [6.07, 6.45) is -2.78. The molecule has 1 aromatic heterocycles. The van der Waals surface area contributed by atoms with Crippen molar-refractivity contribution in [3.05, 3.63) is 33.2 Å². The molecule has 0 aliphatic rings. The SMILES string of the molecule is N#Cc1c(CCl)cc(C(F)F)[nH]c1=O. The van der Waals surface area contributed by atoms with Crippen LogP contribution in [0, 0.1) is 11.3 Å². The Labute approximate surface area is 82.9 Å². The molecule has 0 fully saturated rings. The highest BCUT2D eigenvalue weighted by Crippen LogP contribution is 2.17. The summed E-state index contributed by atoms with van der Waals surface area (Å²) in [5.74, 6) is -0.146. The lowest BCUT2D eigenvalue weighted by atomic mass is 10.1. The van der Waals surface area contributed by atoms with Gasteiger partial charge in [-0.25, -0.2) is 8.78 Å². The molecule has 0 atom stereocenters. The summed E-state index contributed by atoms with van der Waals surface area (Å²) in [6, 6.07) is 2.63. The second-order valence-electron chi connectivity index (χ2n) is 2.50. The van der Waals surface area contributed by atoms with E-state index in [2.05, 4.69) is 0 Å². The molecule has 1 heterocycles. The molecule has 0 saturated carbocycles. The van der Waals surface area contributed by atoms with Gasteiger partial charge in [-0.3, -0.25) is 4.79 Å². The quantitative estimate of drug-likeness (QED) is 0.771. The van der Waals surface area contributed by atoms with Crippen LogP contribution in [0.1, 0.15) is 23.2 Å². The normalized spacial score (nSPS) is 10.2. The second kappa shape index (κ2) is 4.20. The predicted molar refractivity (Wildman–Crippen MR) is 46.3 cm³/mol. The summed E-state index contributed by atoms with van der Waals surface area (Å²) in [7, 11) is 0. The van der Waals surface area contributed by atoms with E-state index >= 15 is 0 Å². The van der Waals surface area contributed by atoms with Gasteiger partial charge >= 0.3 is 0 Å². The van der Waals surface area contributed by atoms with Gasteiger partial charge in [0.05, 0.1) is 5.69 Å². The number of nitrogens with one attached hydrogen (secondary N) is 1. The van der Waals surface area contributed by atoms with Crippen molar-refractivity contribution >= 4 is 11.6 Å². The molecule has 0 bridgehead atoms. The van der Waals surface area contributed by atoms with Crippen LogP contribution < -0.4 is 5.56 Å². The number of rotatable bonds is 2. The fourth-order valence-corrected chi connectivity index (χ4v) is 1.19. The van der Waals surface area contributed by atoms with Crippen molar-refractivity contribution in [2.75, 3.05) is 0 Å². The van der Waals surface area contributed by atoms with Crippen LogP contribution in [0.4, 0.5) is 8.78 Å². The number of hydrogen-bond donors (Lipinski definition) is 1. The topological polar surface area (TPSA) is 56.6 Å². The fraction of sp³-hybridized carbons (Fsp3) is 0.250. The van der Waals surface area contributed by atoms with Gasteiger partial charge < -0.3 is 4.98 Å². The van der Waals surface area contributed by atoms with Crippen LogP contribution in [0.5, 0.6) is 0 Å². The summed E-state index contributed by atoms with van der Waals surface area (Å²) in [6.45, 7) is 0. The van der Waals surface area contributed by atoms with Crippen molar-refractivity contribution in [3.63, 3.8) is 0 Å². The average molecular weight is 219 g/mol. The maximum atomic E-state index is 12.2. The Bertz CT molecular complexity index is 436. The summed E-state index contributed by atoms with van der Waals surface area (Å²) < 4.78 is 24.4. The molecule has 0 radical (unpaired) electrons. The molecule has 14 heavy (non-hydrogen) atoms. The first-order chi connectivity index (χ1) is 6.60. The lowest BCUT2D eigenvalue weighted by Crippen LogP contribution is -2.15. The van der Waals surface area contributed by atoms with Crippen molar-refractivity contribution in [2.24, 2.45) is 0 Å². The van der Waals surface area contributed by atoms with Gasteiger partial charge in [-0.05, 0) is 11.6 Å². The zero-order valence-corrected chi connectivity index (χ0v) is 7.61. The largest absolute Gasteiger partial charge is 0.320 e. The van der Waals surface area contributed by atoms with Crippen LogP contribution in [-0.4, -0.2) is 4.98 Å². The van der Waals surface area contributed by atoms with E-state index in [9.17, 15) is 13.6 Å². The Morgan fingerprint density at radius 2 is 2.29 bits per heavy atom. The Morgan fingerprint density at radius 3 is 2.71 bits per heavy atom. The molecule has 6 heteroatoms. The number of alkyl halides is 3. The van der Waals surface area contributed by atoms with E-state index in [1.165, 1.54) is 0 Å². The van der Waals surface area contributed by atoms with Gasteiger partial charge in [0.15, 0.2) is 0 Å². The zero-order valence-electron chi connectivity index (χ0n) is 6.85. The molecule has 1 N–H and O–H groups in total. The number of pyridine rings is 1. The average Bonchev–Trinajstić information content (AvgIpc) is 2.16. The van der Waals surface area contributed by atoms with Crippen molar-refractivity contribution in [2.45, 2.75) is 12.3 Å². The van der Waals surface area contributed by atoms with Crippen LogP contribution >= 0.6 is 11.6 Å². The van der Waals surface area contributed by atoms with Gasteiger partial charge in [0.1, 0.15) is 11.6 Å². The maximum Gasteiger partial charge on any atom is 0.278 e. The number of halogens is 3. The van der Waals surface area contributed by atoms with Gasteiger partial charge in [0.25, 0.3) is 12.0 Å². The minimum absolute atomic E-state index is 0.119. The number of aromatic amines is 1. The summed E-state index contributed by atoms with van der Waals surface area (Å²) in [5, 5.41) is 8.54. The standard InChI is InChI=1S/C8H5ClF2N2O/c9-2-4-1-6(7(10)11)13-8(14)5(4)3-12/h1,7H,2H2,(H,13,14). The summed E-state index contributed by atoms with van der Waals surface area (Å²) >= 11 is 5.41. The molecule has 0 unspecified atom stereocenters. The van der Waals surface area contributed by atoms with Crippen molar-refractivity contribution in [3.8, 4) is 6.07 Å². The van der Waals surface area contributed by atoms with Crippen LogP contribution in [-0.2, 0) is 5.88 Å². The minimum atomic E-state index is -2.78. The third-order valence-electron chi connectivity index (χ3n) is 1.63. The van der Waals surface area contributed by atoms with Crippen LogP contribution in [0.2, 0.25) is 0 Å². The van der Waals surface area contributed by atoms with E-state index in [1.54, 1.807) is 6.07 Å². The van der Waals surface area contributed by atoms with Crippen molar-refractivity contribution in [1.82, 2.24) is 4.98 Å². The number of hydrogen-bond acceptors (Lipinski definition) is 2. The first kappa shape index (κ1) is 10.7. The van der Waals surface area contributed by atoms with E-state index in [0.717, 1.165) is 6.07 Å². The Hall–Kier alpha value is -1.41. The predicted octanol–water partition coefficient (Wildman–Crippen LogP) is 1.92. The summed E-state index contributed by atoms with van der Waals surface area (Å²) in [4.78, 5) is 13.0. The molecule has 3 nitrogen and oxygen atoms in total. The molecule has 0 amide bonds. The maximum absolute atomic E-state index is 12.2. The van der Waals surface area contributed by atoms with E-state index in [4.69, 9.17) is 16.9 Å². The second-order valence-corrected chi connectivity index (χ2v) is 2.77. The molecule has 1 rings (SSSR count). The molecular formula is C8H5ClF2N2O. The minimum Gasteiger partial charge on any atom is -0.320 e. The van der Waals surface area contributed by atoms with Gasteiger partial charge in [-0.2, -0.15) is 5.26 Å². The smallest absolute Gasteiger partial charge is 0.278 e. The highest BCUT2D eigenvalue weighted by Gasteiger charge is 2.13. The molecule has 0 aromatic carbocycles. The third kappa shape index (κ3) is 1.91. The lowest BCUT2D eigenvalue weighted by Gasteiger charge is -2.03. The van der Waals surface area contributed by atoms with Gasteiger partial charge in [-0.1, -0.05) is 0 Å². The van der Waals surface area contributed by atoms with Crippen molar-refractivity contribution in [1.29, 1.82) is 5.26 Å². The molecular weight excluding hydrogens is 214 g/mol. The fourth-order valence-electron chi connectivity index (χ4n) is 0.981. The van der Waals surface area contributed by atoms with Crippen LogP contribution in [0.3, 0.4) is 0 Å². The molecule has 74 valence electrons. The summed E-state index contributed by atoms with van der Waals surface area (Å²) in [5.41, 5.74) is -1.46. The van der Waals surface area contributed by atoms with E-state index in [1.807, 2.05) is 4.98 Å². The number of aromatic nitrogens is 1. The zero-order chi connectivity index (χ0) is 10.7. The van der Waals surface area contributed by atoms with Crippen LogP contribution in [0.15, 0.2) is 10.9 Å². The van der Waals surface area contributed by atoms with E-state index < -0.39 is 17.7 Å². The first-order valence-corrected chi connectivity index (χ1v) is 4.14. The molecule has 0 aliphatic heterocycles. The Balaban J connectivity index is 3.41. The van der Waals surface area contributed by atoms with Crippen LogP contribution in [0.25, 0.3) is 0 Å². The van der Waals surface area contributed by atoms with E-state index in [0.29, 0.717) is 0 Å². The molecule has 1 aromatic rings. The highest BCUT2D eigenvalue weighted by atomic mass is 35.5. The number of nitriles is 1. The highest BCUT2D eigenvalue weighted by molar-refractivity contribution is 6.17. The number of nitrogens with zero attached hydrogens (tertiary/aromatic N) is 1. The molecule has 0 spiro atoms. The first-order valence-electron chi connectivity index (χ1n) is 3.60. The molecule has 0 saturated heterocycles. The Morgan fingerprint density at radius 1 is 1.64 bits per heavy atom. The molecule has 0 aliphatic carbocycles.